The van der Waals surface area contributed by atoms with Crippen LogP contribution < -0.4 is 0 Å². The lowest BCUT2D eigenvalue weighted by Crippen LogP contribution is -2.50. The molecule has 6 rings (SSSR count). The van der Waals surface area contributed by atoms with Gasteiger partial charge in [-0.15, -0.1) is 0 Å². The van der Waals surface area contributed by atoms with E-state index in [1.54, 1.807) is 0 Å². The zero-order valence-corrected chi connectivity index (χ0v) is 23.9. The average Bonchev–Trinajstić information content (AvgIpc) is 3.65. The van der Waals surface area contributed by atoms with Crippen LogP contribution in [0.3, 0.4) is 0 Å². The highest BCUT2D eigenvalue weighted by atomic mass is 32.2. The van der Waals surface area contributed by atoms with Gasteiger partial charge in [0.25, 0.3) is 0 Å². The van der Waals surface area contributed by atoms with E-state index in [1.165, 1.54) is 95.2 Å². The maximum Gasteiger partial charge on any atom is 0.414 e. The Bertz CT molecular complexity index is 1010. The first-order valence-corrected chi connectivity index (χ1v) is 15.8. The largest absolute Gasteiger partial charge is 0.473 e. The summed E-state index contributed by atoms with van der Waals surface area (Å²) < 4.78 is 5.50. The summed E-state index contributed by atoms with van der Waals surface area (Å²) >= 11 is 2.25. The molecule has 6 nitrogen and oxygen atoms in total. The molecule has 1 aromatic heterocycles. The molecular weight excluding hydrogens is 498 g/mol. The van der Waals surface area contributed by atoms with Gasteiger partial charge in [-0.25, -0.2) is 9.59 Å². The summed E-state index contributed by atoms with van der Waals surface area (Å²) in [5.41, 5.74) is 4.31. The van der Waals surface area contributed by atoms with Gasteiger partial charge in [-0.1, -0.05) is 25.5 Å². The Hall–Kier alpha value is -1.73. The molecule has 3 saturated carbocycles. The van der Waals surface area contributed by atoms with Gasteiger partial charge < -0.3 is 19.5 Å². The number of aliphatic carboxylic acids is 2. The Morgan fingerprint density at radius 3 is 2.47 bits per heavy atom. The highest BCUT2D eigenvalue weighted by Gasteiger charge is 2.59. The highest BCUT2D eigenvalue weighted by Crippen LogP contribution is 2.68. The second-order valence-corrected chi connectivity index (χ2v) is 14.2. The lowest BCUT2D eigenvalue weighted by molar-refractivity contribution is -0.159. The van der Waals surface area contributed by atoms with Gasteiger partial charge in [-0.2, -0.15) is 11.8 Å². The third-order valence-electron chi connectivity index (χ3n) is 11.1. The standard InChI is InChI=1S/C29H43NOS.C2H2O4/c1-28-12-9-23(32-18-16-30-14-3-4-15-30)19-22(28)5-6-24-26-8-7-25(21-11-17-31-20-21)29(26,2)13-10-27(24)28;3-1(4)2(5)6/h11,17,19-20,23-27H,3-10,12-16,18H2,1-2H3;(H,3,4)(H,5,6)/t23-,24-,25+,26-,27-,28-,29+;/m0./s1. The van der Waals surface area contributed by atoms with Crippen molar-refractivity contribution >= 4 is 23.7 Å². The molecule has 1 saturated heterocycles. The van der Waals surface area contributed by atoms with Crippen LogP contribution in [0.1, 0.15) is 89.5 Å². The first-order valence-electron chi connectivity index (χ1n) is 14.8. The Kier molecular flexibility index (Phi) is 8.35. The summed E-state index contributed by atoms with van der Waals surface area (Å²) in [6.07, 6.45) is 20.9. The minimum atomic E-state index is -1.82. The Balaban J connectivity index is 0.000000443. The molecule has 0 bridgehead atoms. The molecule has 210 valence electrons. The summed E-state index contributed by atoms with van der Waals surface area (Å²) in [4.78, 5) is 20.9. The molecule has 2 N–H and O–H groups in total. The lowest BCUT2D eigenvalue weighted by atomic mass is 9.46. The molecule has 1 aromatic rings. The molecule has 0 unspecified atom stereocenters. The second kappa shape index (κ2) is 11.4. The van der Waals surface area contributed by atoms with Crippen molar-refractivity contribution in [3.63, 3.8) is 0 Å². The lowest BCUT2D eigenvalue weighted by Gasteiger charge is -2.58. The average molecular weight is 544 g/mol. The predicted molar refractivity (Wildman–Crippen MR) is 150 cm³/mol. The van der Waals surface area contributed by atoms with Crippen LogP contribution >= 0.6 is 11.8 Å². The molecule has 5 aliphatic rings. The number of hydrogen-bond donors (Lipinski definition) is 2. The predicted octanol–water partition coefficient (Wildman–Crippen LogP) is 6.68. The minimum absolute atomic E-state index is 0.490. The molecule has 1 aliphatic heterocycles. The van der Waals surface area contributed by atoms with Gasteiger partial charge >= 0.3 is 11.9 Å². The van der Waals surface area contributed by atoms with Crippen LogP contribution in [-0.2, 0) is 9.59 Å². The topological polar surface area (TPSA) is 91.0 Å². The van der Waals surface area contributed by atoms with Crippen molar-refractivity contribution < 1.29 is 24.2 Å². The number of hydrogen-bond acceptors (Lipinski definition) is 5. The van der Waals surface area contributed by atoms with Crippen LogP contribution in [0.5, 0.6) is 0 Å². The van der Waals surface area contributed by atoms with Crippen LogP contribution in [0.25, 0.3) is 0 Å². The molecule has 0 radical (unpaired) electrons. The SMILES string of the molecule is C[C@]12CC[C@H]3[C@@H](CCC4=C[C@@H](SCCN5CCCC5)CC[C@@]43C)[C@@H]1CC[C@@H]2c1ccoc1.O=C(O)C(=O)O. The molecule has 38 heavy (non-hydrogen) atoms. The monoisotopic (exact) mass is 543 g/mol. The Morgan fingerprint density at radius 1 is 1.03 bits per heavy atom. The second-order valence-electron chi connectivity index (χ2n) is 12.9. The van der Waals surface area contributed by atoms with E-state index in [0.717, 1.165) is 28.9 Å². The van der Waals surface area contributed by atoms with E-state index in [9.17, 15) is 0 Å². The van der Waals surface area contributed by atoms with Crippen molar-refractivity contribution in [3.8, 4) is 0 Å². The maximum atomic E-state index is 9.10. The molecule has 4 aliphatic carbocycles. The van der Waals surface area contributed by atoms with Crippen molar-refractivity contribution in [2.45, 2.75) is 89.2 Å². The molecule has 0 spiro atoms. The zero-order valence-electron chi connectivity index (χ0n) is 23.1. The van der Waals surface area contributed by atoms with Gasteiger partial charge in [0, 0.05) is 17.5 Å². The fraction of sp³-hybridized carbons (Fsp3) is 0.742. The number of carbonyl (C=O) groups is 2. The number of rotatable bonds is 5. The first kappa shape index (κ1) is 27.8. The number of furan rings is 1. The van der Waals surface area contributed by atoms with E-state index >= 15 is 0 Å². The van der Waals surface area contributed by atoms with Crippen molar-refractivity contribution in [1.29, 1.82) is 0 Å². The summed E-state index contributed by atoms with van der Waals surface area (Å²) in [5.74, 6) is 1.20. The summed E-state index contributed by atoms with van der Waals surface area (Å²) in [6.45, 7) is 9.31. The summed E-state index contributed by atoms with van der Waals surface area (Å²) in [6, 6.07) is 2.25. The van der Waals surface area contributed by atoms with E-state index in [4.69, 9.17) is 24.2 Å². The zero-order chi connectivity index (χ0) is 26.9. The molecule has 7 atom stereocenters. The van der Waals surface area contributed by atoms with Crippen LogP contribution in [0.15, 0.2) is 34.7 Å². The van der Waals surface area contributed by atoms with Gasteiger partial charge in [0.15, 0.2) is 0 Å². The van der Waals surface area contributed by atoms with Crippen LogP contribution in [0.4, 0.5) is 0 Å². The summed E-state index contributed by atoms with van der Waals surface area (Å²) in [5, 5.41) is 15.6. The van der Waals surface area contributed by atoms with Crippen LogP contribution in [-0.4, -0.2) is 57.7 Å². The van der Waals surface area contributed by atoms with Gasteiger partial charge in [0.05, 0.1) is 12.5 Å². The number of carboxylic acids is 2. The highest BCUT2D eigenvalue weighted by molar-refractivity contribution is 8.00. The van der Waals surface area contributed by atoms with Gasteiger partial charge in [-0.3, -0.25) is 0 Å². The molecule has 0 aromatic carbocycles. The normalized spacial score (nSPS) is 38.3. The fourth-order valence-electron chi connectivity index (χ4n) is 9.19. The van der Waals surface area contributed by atoms with E-state index in [1.807, 2.05) is 18.1 Å². The quantitative estimate of drug-likeness (QED) is 0.316. The third-order valence-corrected chi connectivity index (χ3v) is 12.4. The Labute approximate surface area is 231 Å². The van der Waals surface area contributed by atoms with Gasteiger partial charge in [-0.05, 0) is 123 Å². The smallest absolute Gasteiger partial charge is 0.414 e. The number of allylic oxidation sites excluding steroid dienone is 1. The number of nitrogens with zero attached hydrogens (tertiary/aromatic N) is 1. The van der Waals surface area contributed by atoms with Crippen molar-refractivity contribution in [2.24, 2.45) is 28.6 Å². The van der Waals surface area contributed by atoms with Crippen LogP contribution in [0.2, 0.25) is 0 Å². The van der Waals surface area contributed by atoms with E-state index in [0.29, 0.717) is 10.8 Å². The molecule has 2 heterocycles. The van der Waals surface area contributed by atoms with Crippen molar-refractivity contribution in [1.82, 2.24) is 4.90 Å². The summed E-state index contributed by atoms with van der Waals surface area (Å²) in [7, 11) is 0. The van der Waals surface area contributed by atoms with E-state index in [-0.39, 0.29) is 0 Å². The van der Waals surface area contributed by atoms with E-state index in [2.05, 4.69) is 42.7 Å². The number of likely N-dealkylation sites (tertiary alicyclic amines) is 1. The Morgan fingerprint density at radius 2 is 1.79 bits per heavy atom. The van der Waals surface area contributed by atoms with Gasteiger partial charge in [0.2, 0.25) is 0 Å². The van der Waals surface area contributed by atoms with Crippen LogP contribution in [0, 0.1) is 28.6 Å². The number of thioether (sulfide) groups is 1. The fourth-order valence-corrected chi connectivity index (χ4v) is 10.4. The molecular formula is C31H45NO5S. The minimum Gasteiger partial charge on any atom is -0.473 e. The van der Waals surface area contributed by atoms with Crippen molar-refractivity contribution in [2.75, 3.05) is 25.4 Å². The van der Waals surface area contributed by atoms with E-state index < -0.39 is 11.9 Å². The number of fused-ring (bicyclic) bond motifs is 5. The molecule has 7 heteroatoms. The number of carboxylic acid groups (broad SMARTS) is 2. The molecule has 4 fully saturated rings. The third kappa shape index (κ3) is 5.34. The van der Waals surface area contributed by atoms with Gasteiger partial charge in [0.1, 0.15) is 0 Å². The first-order chi connectivity index (χ1) is 18.2. The maximum absolute atomic E-state index is 9.10. The van der Waals surface area contributed by atoms with Crippen molar-refractivity contribution in [3.05, 3.63) is 35.8 Å². The molecule has 0 amide bonds.